The van der Waals surface area contributed by atoms with Crippen molar-refractivity contribution in [2.75, 3.05) is 6.54 Å². The summed E-state index contributed by atoms with van der Waals surface area (Å²) >= 11 is 0. The van der Waals surface area contributed by atoms with Gasteiger partial charge in [0.25, 0.3) is 5.91 Å². The summed E-state index contributed by atoms with van der Waals surface area (Å²) in [6, 6.07) is 0. The predicted octanol–water partition coefficient (Wildman–Crippen LogP) is 0.531. The molecule has 0 heterocycles. The smallest absolute Gasteiger partial charge is 0.272 e. The number of nitrogens with one attached hydrogen (secondary N) is 1. The molecule has 0 spiro atoms. The van der Waals surface area contributed by atoms with Crippen molar-refractivity contribution in [3.05, 3.63) is 25.3 Å². The van der Waals surface area contributed by atoms with Gasteiger partial charge >= 0.3 is 0 Å². The molecule has 4 heteroatoms. The summed E-state index contributed by atoms with van der Waals surface area (Å²) in [5.41, 5.74) is 0.145. The van der Waals surface area contributed by atoms with E-state index in [4.69, 9.17) is 0 Å². The number of nitrogens with zero attached hydrogens (tertiary/aromatic N) is 2. The van der Waals surface area contributed by atoms with E-state index in [2.05, 4.69) is 35.4 Å². The second kappa shape index (κ2) is 6.03. The predicted molar refractivity (Wildman–Crippen MR) is 50.4 cm³/mol. The van der Waals surface area contributed by atoms with Crippen molar-refractivity contribution in [1.29, 1.82) is 0 Å². The monoisotopic (exact) mass is 165 g/mol. The van der Waals surface area contributed by atoms with Gasteiger partial charge in [-0.15, -0.1) is 11.7 Å². The van der Waals surface area contributed by atoms with Crippen molar-refractivity contribution in [2.24, 2.45) is 10.2 Å². The first kappa shape index (κ1) is 10.3. The molecule has 0 aromatic carbocycles. The van der Waals surface area contributed by atoms with E-state index >= 15 is 0 Å². The minimum absolute atomic E-state index is 0.145. The Morgan fingerprint density at radius 2 is 2.17 bits per heavy atom. The molecule has 0 rings (SSSR count). The lowest BCUT2D eigenvalue weighted by molar-refractivity contribution is -0.114. The lowest BCUT2D eigenvalue weighted by Crippen LogP contribution is -2.29. The van der Waals surface area contributed by atoms with Crippen LogP contribution in [0.2, 0.25) is 0 Å². The van der Waals surface area contributed by atoms with Crippen molar-refractivity contribution in [2.45, 2.75) is 0 Å². The number of rotatable bonds is 5. The molecule has 64 valence electrons. The minimum atomic E-state index is -0.336. The quantitative estimate of drug-likeness (QED) is 0.360. The van der Waals surface area contributed by atoms with E-state index in [1.807, 2.05) is 0 Å². The van der Waals surface area contributed by atoms with Gasteiger partial charge in [0.1, 0.15) is 5.71 Å². The minimum Gasteiger partial charge on any atom is -0.347 e. The summed E-state index contributed by atoms with van der Waals surface area (Å²) < 4.78 is 0. The second-order valence-corrected chi connectivity index (χ2v) is 1.83. The Morgan fingerprint density at radius 1 is 1.50 bits per heavy atom. The molecule has 0 aliphatic rings. The van der Waals surface area contributed by atoms with E-state index in [0.717, 1.165) is 0 Å². The van der Waals surface area contributed by atoms with Crippen molar-refractivity contribution >= 4 is 18.3 Å². The lowest BCUT2D eigenvalue weighted by atomic mass is 10.3. The van der Waals surface area contributed by atoms with Crippen LogP contribution in [0.5, 0.6) is 0 Å². The van der Waals surface area contributed by atoms with Crippen molar-refractivity contribution in [3.8, 4) is 0 Å². The molecule has 0 saturated carbocycles. The van der Waals surface area contributed by atoms with Gasteiger partial charge in [0.2, 0.25) is 0 Å². The van der Waals surface area contributed by atoms with E-state index in [1.54, 1.807) is 6.08 Å². The van der Waals surface area contributed by atoms with Crippen molar-refractivity contribution in [3.63, 3.8) is 0 Å². The average molecular weight is 165 g/mol. The normalized spacial score (nSPS) is 10.2. The molecule has 0 aromatic heterocycles. The van der Waals surface area contributed by atoms with Crippen LogP contribution in [0, 0.1) is 0 Å². The Hall–Kier alpha value is -1.71. The third-order valence-electron chi connectivity index (χ3n) is 1.01. The van der Waals surface area contributed by atoms with Gasteiger partial charge in [0.05, 0.1) is 0 Å². The first-order chi connectivity index (χ1) is 5.76. The standard InChI is InChI=1S/C8H11N3O/c1-4-6-10-8(12)7(5-2)11-9-3/h4-5H,1-3,6H2,(H,10,12)/b11-7+. The average Bonchev–Trinajstić information content (AvgIpc) is 2.10. The molecular formula is C8H11N3O. The zero-order valence-corrected chi connectivity index (χ0v) is 6.79. The van der Waals surface area contributed by atoms with E-state index in [-0.39, 0.29) is 11.6 Å². The molecule has 0 atom stereocenters. The Labute approximate surface area is 71.4 Å². The third-order valence-corrected chi connectivity index (χ3v) is 1.01. The summed E-state index contributed by atoms with van der Waals surface area (Å²) in [7, 11) is 0. The second-order valence-electron chi connectivity index (χ2n) is 1.83. The summed E-state index contributed by atoms with van der Waals surface area (Å²) in [5, 5.41) is 9.20. The van der Waals surface area contributed by atoms with Crippen LogP contribution in [-0.4, -0.2) is 24.9 Å². The van der Waals surface area contributed by atoms with Gasteiger partial charge in [-0.05, 0) is 6.08 Å². The molecule has 0 bridgehead atoms. The number of amides is 1. The fourth-order valence-corrected chi connectivity index (χ4v) is 0.511. The fraction of sp³-hybridized carbons (Fsp3) is 0.125. The van der Waals surface area contributed by atoms with Crippen LogP contribution in [0.1, 0.15) is 0 Å². The maximum Gasteiger partial charge on any atom is 0.272 e. The Kier molecular flexibility index (Phi) is 5.17. The third kappa shape index (κ3) is 3.46. The van der Waals surface area contributed by atoms with Crippen LogP contribution >= 0.6 is 0 Å². The number of carbonyl (C=O) groups is 1. The highest BCUT2D eigenvalue weighted by Gasteiger charge is 2.04. The van der Waals surface area contributed by atoms with Gasteiger partial charge in [-0.2, -0.15) is 5.10 Å². The molecule has 1 N–H and O–H groups in total. The SMILES string of the molecule is C=CCNC(=O)/C(C=C)=N/N=C. The van der Waals surface area contributed by atoms with E-state index in [1.165, 1.54) is 6.08 Å². The van der Waals surface area contributed by atoms with Crippen LogP contribution < -0.4 is 5.32 Å². The van der Waals surface area contributed by atoms with Gasteiger partial charge in [-0.1, -0.05) is 12.7 Å². The van der Waals surface area contributed by atoms with E-state index in [9.17, 15) is 4.79 Å². The molecule has 0 saturated heterocycles. The van der Waals surface area contributed by atoms with Crippen LogP contribution in [0.4, 0.5) is 0 Å². The molecular weight excluding hydrogens is 154 g/mol. The number of hydrogen-bond donors (Lipinski definition) is 1. The highest BCUT2D eigenvalue weighted by Crippen LogP contribution is 1.82. The first-order valence-electron chi connectivity index (χ1n) is 3.31. The molecule has 0 aliphatic carbocycles. The molecule has 12 heavy (non-hydrogen) atoms. The Balaban J connectivity index is 4.21. The van der Waals surface area contributed by atoms with E-state index in [0.29, 0.717) is 6.54 Å². The Morgan fingerprint density at radius 3 is 2.58 bits per heavy atom. The van der Waals surface area contributed by atoms with E-state index < -0.39 is 0 Å². The Bertz CT molecular complexity index is 230. The molecule has 0 aromatic rings. The molecule has 4 nitrogen and oxygen atoms in total. The van der Waals surface area contributed by atoms with Crippen LogP contribution in [0.15, 0.2) is 35.5 Å². The highest BCUT2D eigenvalue weighted by atomic mass is 16.1. The first-order valence-corrected chi connectivity index (χ1v) is 3.31. The maximum atomic E-state index is 11.1. The van der Waals surface area contributed by atoms with Gasteiger partial charge in [0.15, 0.2) is 0 Å². The molecule has 1 amide bonds. The molecule has 0 radical (unpaired) electrons. The van der Waals surface area contributed by atoms with Gasteiger partial charge in [0, 0.05) is 13.3 Å². The van der Waals surface area contributed by atoms with Crippen LogP contribution in [0.25, 0.3) is 0 Å². The largest absolute Gasteiger partial charge is 0.347 e. The maximum absolute atomic E-state index is 11.1. The molecule has 0 aliphatic heterocycles. The van der Waals surface area contributed by atoms with Crippen molar-refractivity contribution in [1.82, 2.24) is 5.32 Å². The van der Waals surface area contributed by atoms with Crippen LogP contribution in [0.3, 0.4) is 0 Å². The summed E-state index contributed by atoms with van der Waals surface area (Å²) in [6.45, 7) is 10.4. The zero-order valence-electron chi connectivity index (χ0n) is 6.79. The van der Waals surface area contributed by atoms with Crippen molar-refractivity contribution < 1.29 is 4.79 Å². The highest BCUT2D eigenvalue weighted by molar-refractivity contribution is 6.43. The fourth-order valence-electron chi connectivity index (χ4n) is 0.511. The number of hydrogen-bond acceptors (Lipinski definition) is 3. The zero-order chi connectivity index (χ0) is 9.40. The lowest BCUT2D eigenvalue weighted by Gasteiger charge is -1.98. The molecule has 0 unspecified atom stereocenters. The topological polar surface area (TPSA) is 53.8 Å². The number of carbonyl (C=O) groups excluding carboxylic acids is 1. The van der Waals surface area contributed by atoms with Crippen LogP contribution in [-0.2, 0) is 4.79 Å². The van der Waals surface area contributed by atoms with Gasteiger partial charge < -0.3 is 5.32 Å². The summed E-state index contributed by atoms with van der Waals surface area (Å²) in [4.78, 5) is 11.1. The summed E-state index contributed by atoms with van der Waals surface area (Å²) in [5.74, 6) is -0.336. The molecule has 0 fully saturated rings. The summed E-state index contributed by atoms with van der Waals surface area (Å²) in [6.07, 6.45) is 2.88. The van der Waals surface area contributed by atoms with Gasteiger partial charge in [-0.3, -0.25) is 4.79 Å². The van der Waals surface area contributed by atoms with Gasteiger partial charge in [-0.25, -0.2) is 0 Å².